The molecule has 0 N–H and O–H groups in total. The highest BCUT2D eigenvalue weighted by atomic mass is 35.5. The van der Waals surface area contributed by atoms with E-state index in [4.69, 9.17) is 21.1 Å². The standard InChI is InChI=1S/C25H20ClF4N3O3/c26-18-3-2-16(8-17(18)25(28,29)30)36-20-4-1-14(7-19(20)27)5-6-35-21-9-22-32(23(34)31-21)13-24-10-15(11-24)12-33(22)24/h1-4,7-9,15H,5-6,10-13H2. The number of ether oxygens (including phenoxy) is 2. The van der Waals surface area contributed by atoms with E-state index in [1.54, 1.807) is 16.7 Å². The fraction of sp³-hybridized carbons (Fsp3) is 0.360. The molecule has 6 nitrogen and oxygen atoms in total. The van der Waals surface area contributed by atoms with Gasteiger partial charge in [0.2, 0.25) is 5.88 Å². The van der Waals surface area contributed by atoms with Crippen molar-refractivity contribution in [2.75, 3.05) is 18.1 Å². The lowest BCUT2D eigenvalue weighted by Gasteiger charge is -2.37. The van der Waals surface area contributed by atoms with E-state index < -0.39 is 22.6 Å². The zero-order valence-electron chi connectivity index (χ0n) is 18.8. The lowest BCUT2D eigenvalue weighted by atomic mass is 9.74. The molecule has 3 fully saturated rings. The highest BCUT2D eigenvalue weighted by Crippen LogP contribution is 2.56. The average molecular weight is 522 g/mol. The van der Waals surface area contributed by atoms with Crippen molar-refractivity contribution in [2.24, 2.45) is 5.92 Å². The Labute approximate surface area is 208 Å². The molecule has 4 aliphatic rings. The van der Waals surface area contributed by atoms with Crippen LogP contribution in [0.15, 0.2) is 47.3 Å². The number of hydrogen-bond donors (Lipinski definition) is 0. The summed E-state index contributed by atoms with van der Waals surface area (Å²) in [5, 5.41) is -0.470. The maximum Gasteiger partial charge on any atom is 0.417 e. The average Bonchev–Trinajstić information content (AvgIpc) is 3.42. The van der Waals surface area contributed by atoms with Gasteiger partial charge in [0.05, 0.1) is 29.3 Å². The third-order valence-electron chi connectivity index (χ3n) is 7.15. The summed E-state index contributed by atoms with van der Waals surface area (Å²) in [6.07, 6.45) is -2.12. The molecule has 0 unspecified atom stereocenters. The van der Waals surface area contributed by atoms with E-state index in [2.05, 4.69) is 9.88 Å². The number of anilines is 1. The Morgan fingerprint density at radius 2 is 1.94 bits per heavy atom. The van der Waals surface area contributed by atoms with Gasteiger partial charge in [0.15, 0.2) is 11.6 Å². The van der Waals surface area contributed by atoms with Crippen LogP contribution in [0, 0.1) is 11.7 Å². The molecule has 0 atom stereocenters. The molecule has 1 aromatic heterocycles. The van der Waals surface area contributed by atoms with Crippen LogP contribution in [0.2, 0.25) is 5.02 Å². The quantitative estimate of drug-likeness (QED) is 0.404. The molecule has 188 valence electrons. The van der Waals surface area contributed by atoms with Crippen LogP contribution in [0.4, 0.5) is 23.4 Å². The van der Waals surface area contributed by atoms with Crippen LogP contribution in [-0.4, -0.2) is 28.2 Å². The number of benzene rings is 2. The first-order valence-electron chi connectivity index (χ1n) is 11.5. The smallest absolute Gasteiger partial charge is 0.417 e. The highest BCUT2D eigenvalue weighted by molar-refractivity contribution is 6.31. The summed E-state index contributed by atoms with van der Waals surface area (Å²) in [6, 6.07) is 8.96. The Hall–Kier alpha value is -3.27. The van der Waals surface area contributed by atoms with E-state index >= 15 is 0 Å². The number of halogens is 5. The van der Waals surface area contributed by atoms with Gasteiger partial charge in [-0.25, -0.2) is 9.18 Å². The van der Waals surface area contributed by atoms with Crippen molar-refractivity contribution in [1.29, 1.82) is 0 Å². The molecule has 0 amide bonds. The number of rotatable bonds is 6. The minimum atomic E-state index is -4.66. The second kappa shape index (κ2) is 8.12. The van der Waals surface area contributed by atoms with Crippen molar-refractivity contribution in [3.05, 3.63) is 74.9 Å². The van der Waals surface area contributed by atoms with E-state index in [-0.39, 0.29) is 35.2 Å². The van der Waals surface area contributed by atoms with Gasteiger partial charge >= 0.3 is 11.9 Å². The fourth-order valence-electron chi connectivity index (χ4n) is 5.55. The summed E-state index contributed by atoms with van der Waals surface area (Å²) in [5.41, 5.74) is -0.742. The number of hydrogen-bond acceptors (Lipinski definition) is 5. The normalized spacial score (nSPS) is 21.7. The van der Waals surface area contributed by atoms with E-state index in [0.29, 0.717) is 24.4 Å². The minimum Gasteiger partial charge on any atom is -0.477 e. The zero-order valence-corrected chi connectivity index (χ0v) is 19.6. The second-order valence-corrected chi connectivity index (χ2v) is 9.94. The van der Waals surface area contributed by atoms with E-state index in [1.807, 2.05) is 0 Å². The molecule has 3 aliphatic heterocycles. The van der Waals surface area contributed by atoms with Crippen LogP contribution in [0.3, 0.4) is 0 Å². The topological polar surface area (TPSA) is 56.6 Å². The van der Waals surface area contributed by atoms with Crippen molar-refractivity contribution in [2.45, 2.75) is 37.5 Å². The van der Waals surface area contributed by atoms with Gasteiger partial charge in [-0.1, -0.05) is 17.7 Å². The van der Waals surface area contributed by atoms with Crippen molar-refractivity contribution < 1.29 is 27.0 Å². The molecular formula is C25H20ClF4N3O3. The molecule has 1 aliphatic carbocycles. The van der Waals surface area contributed by atoms with Gasteiger partial charge in [-0.2, -0.15) is 18.2 Å². The highest BCUT2D eigenvalue weighted by Gasteiger charge is 2.60. The molecule has 7 rings (SSSR count). The first-order valence-corrected chi connectivity index (χ1v) is 11.8. The van der Waals surface area contributed by atoms with E-state index in [9.17, 15) is 22.4 Å². The molecule has 1 saturated carbocycles. The molecule has 4 heterocycles. The molecule has 2 saturated heterocycles. The number of alkyl halides is 3. The molecule has 3 aromatic rings. The van der Waals surface area contributed by atoms with Gasteiger partial charge in [0, 0.05) is 19.0 Å². The fourth-order valence-corrected chi connectivity index (χ4v) is 5.77. The van der Waals surface area contributed by atoms with Crippen molar-refractivity contribution in [1.82, 2.24) is 9.55 Å². The Morgan fingerprint density at radius 3 is 2.69 bits per heavy atom. The Morgan fingerprint density at radius 1 is 1.14 bits per heavy atom. The van der Waals surface area contributed by atoms with Gasteiger partial charge in [-0.15, -0.1) is 0 Å². The molecule has 2 bridgehead atoms. The molecule has 36 heavy (non-hydrogen) atoms. The Balaban J connectivity index is 1.10. The lowest BCUT2D eigenvalue weighted by molar-refractivity contribution is -0.137. The van der Waals surface area contributed by atoms with Gasteiger partial charge < -0.3 is 14.4 Å². The van der Waals surface area contributed by atoms with Crippen molar-refractivity contribution in [3.63, 3.8) is 0 Å². The molecule has 2 aromatic carbocycles. The van der Waals surface area contributed by atoms with Gasteiger partial charge in [-0.05, 0) is 54.7 Å². The molecule has 1 spiro atoms. The second-order valence-electron chi connectivity index (χ2n) is 9.54. The van der Waals surface area contributed by atoms with E-state index in [0.717, 1.165) is 37.3 Å². The summed E-state index contributed by atoms with van der Waals surface area (Å²) >= 11 is 5.61. The maximum absolute atomic E-state index is 14.6. The Bertz CT molecular complexity index is 1420. The summed E-state index contributed by atoms with van der Waals surface area (Å²) in [4.78, 5) is 18.8. The Kier molecular flexibility index (Phi) is 5.22. The summed E-state index contributed by atoms with van der Waals surface area (Å²) in [6.45, 7) is 1.78. The zero-order chi connectivity index (χ0) is 25.2. The predicted octanol–water partition coefficient (Wildman–Crippen LogP) is 5.45. The number of aromatic nitrogens is 2. The summed E-state index contributed by atoms with van der Waals surface area (Å²) in [5.74, 6) is 0.627. The minimum absolute atomic E-state index is 0.0683. The predicted molar refractivity (Wildman–Crippen MR) is 123 cm³/mol. The monoisotopic (exact) mass is 521 g/mol. The molecule has 0 radical (unpaired) electrons. The van der Waals surface area contributed by atoms with Crippen LogP contribution < -0.4 is 20.1 Å². The van der Waals surface area contributed by atoms with Crippen molar-refractivity contribution >= 4 is 17.4 Å². The third kappa shape index (κ3) is 3.87. The summed E-state index contributed by atoms with van der Waals surface area (Å²) < 4.78 is 66.5. The van der Waals surface area contributed by atoms with Crippen LogP contribution in [-0.2, 0) is 19.1 Å². The van der Waals surface area contributed by atoms with Crippen molar-refractivity contribution in [3.8, 4) is 17.4 Å². The first-order chi connectivity index (χ1) is 17.1. The largest absolute Gasteiger partial charge is 0.477 e. The van der Waals surface area contributed by atoms with Crippen LogP contribution >= 0.6 is 11.6 Å². The van der Waals surface area contributed by atoms with Gasteiger partial charge in [0.1, 0.15) is 11.6 Å². The first kappa shape index (κ1) is 23.1. The summed E-state index contributed by atoms with van der Waals surface area (Å²) in [7, 11) is 0. The SMILES string of the molecule is O=c1nc(OCCc2ccc(Oc3ccc(Cl)c(C(F)(F)F)c3)c(F)c2)cc2n1CC13CC(CN21)C3. The molecule has 11 heteroatoms. The van der Waals surface area contributed by atoms with Crippen LogP contribution in [0.1, 0.15) is 24.0 Å². The third-order valence-corrected chi connectivity index (χ3v) is 7.48. The number of nitrogens with zero attached hydrogens (tertiary/aromatic N) is 3. The molecular weight excluding hydrogens is 502 g/mol. The van der Waals surface area contributed by atoms with Crippen LogP contribution in [0.5, 0.6) is 17.4 Å². The number of fused-ring (bicyclic) bond motifs is 1. The van der Waals surface area contributed by atoms with Crippen LogP contribution in [0.25, 0.3) is 0 Å². The van der Waals surface area contributed by atoms with Gasteiger partial charge in [-0.3, -0.25) is 4.57 Å². The lowest BCUT2D eigenvalue weighted by Crippen LogP contribution is -2.44. The van der Waals surface area contributed by atoms with Gasteiger partial charge in [0.25, 0.3) is 0 Å². The maximum atomic E-state index is 14.6. The van der Waals surface area contributed by atoms with E-state index in [1.165, 1.54) is 18.2 Å².